The molecular formula is C20H17BrClFN4O2. The molecule has 1 amide bonds. The van der Waals surface area contributed by atoms with Gasteiger partial charge < -0.3 is 9.42 Å². The molecule has 150 valence electrons. The standard InChI is InChI=1S/C20H17BrClFN4O2/c21-14-3-6-17(23)16(11-14)20(28)27-9-7-26(8-10-27)12-18-24-19(25-29-18)13-1-4-15(22)5-2-13/h1-6,11H,7-10,12H2. The Labute approximate surface area is 180 Å². The largest absolute Gasteiger partial charge is 0.338 e. The van der Waals surface area contributed by atoms with Crippen molar-refractivity contribution in [3.05, 3.63) is 69.2 Å². The van der Waals surface area contributed by atoms with E-state index >= 15 is 0 Å². The van der Waals surface area contributed by atoms with Gasteiger partial charge in [0.25, 0.3) is 5.91 Å². The predicted molar refractivity (Wildman–Crippen MR) is 110 cm³/mol. The number of piperazine rings is 1. The molecule has 2 aromatic carbocycles. The van der Waals surface area contributed by atoms with Crippen LogP contribution in [0.25, 0.3) is 11.4 Å². The van der Waals surface area contributed by atoms with E-state index in [1.54, 1.807) is 23.1 Å². The minimum Gasteiger partial charge on any atom is -0.338 e. The Morgan fingerprint density at radius 3 is 2.59 bits per heavy atom. The quantitative estimate of drug-likeness (QED) is 0.560. The maximum atomic E-state index is 14.0. The lowest BCUT2D eigenvalue weighted by atomic mass is 10.1. The van der Waals surface area contributed by atoms with Gasteiger partial charge in [-0.05, 0) is 42.5 Å². The van der Waals surface area contributed by atoms with Crippen LogP contribution in [0.5, 0.6) is 0 Å². The van der Waals surface area contributed by atoms with Crippen molar-refractivity contribution in [1.82, 2.24) is 19.9 Å². The van der Waals surface area contributed by atoms with Gasteiger partial charge in [-0.15, -0.1) is 0 Å². The van der Waals surface area contributed by atoms with Crippen LogP contribution >= 0.6 is 27.5 Å². The number of hydrogen-bond acceptors (Lipinski definition) is 5. The molecule has 0 atom stereocenters. The van der Waals surface area contributed by atoms with Crippen molar-refractivity contribution in [2.45, 2.75) is 6.54 Å². The predicted octanol–water partition coefficient (Wildman–Crippen LogP) is 4.25. The second kappa shape index (κ2) is 8.61. The molecule has 4 rings (SSSR count). The maximum Gasteiger partial charge on any atom is 0.256 e. The van der Waals surface area contributed by atoms with Gasteiger partial charge >= 0.3 is 0 Å². The molecule has 0 unspecified atom stereocenters. The molecule has 0 radical (unpaired) electrons. The Morgan fingerprint density at radius 1 is 1.14 bits per heavy atom. The Hall–Kier alpha value is -2.29. The number of nitrogens with zero attached hydrogens (tertiary/aromatic N) is 4. The van der Waals surface area contributed by atoms with Crippen LogP contribution in [-0.2, 0) is 6.54 Å². The molecule has 1 aromatic heterocycles. The van der Waals surface area contributed by atoms with E-state index in [1.165, 1.54) is 12.1 Å². The highest BCUT2D eigenvalue weighted by atomic mass is 79.9. The molecule has 9 heteroatoms. The lowest BCUT2D eigenvalue weighted by Crippen LogP contribution is -2.48. The third-order valence-electron chi connectivity index (χ3n) is 4.75. The number of amides is 1. The molecule has 1 aliphatic heterocycles. The van der Waals surface area contributed by atoms with Crippen LogP contribution in [0.3, 0.4) is 0 Å². The highest BCUT2D eigenvalue weighted by molar-refractivity contribution is 9.10. The zero-order valence-corrected chi connectivity index (χ0v) is 17.7. The zero-order chi connectivity index (χ0) is 20.4. The van der Waals surface area contributed by atoms with E-state index in [1.807, 2.05) is 12.1 Å². The number of carbonyl (C=O) groups is 1. The van der Waals surface area contributed by atoms with Gasteiger partial charge in [0.15, 0.2) is 0 Å². The smallest absolute Gasteiger partial charge is 0.256 e. The highest BCUT2D eigenvalue weighted by Gasteiger charge is 2.25. The number of hydrogen-bond donors (Lipinski definition) is 0. The van der Waals surface area contributed by atoms with Crippen molar-refractivity contribution >= 4 is 33.4 Å². The summed E-state index contributed by atoms with van der Waals surface area (Å²) in [5.74, 6) is 0.204. The van der Waals surface area contributed by atoms with E-state index in [0.717, 1.165) is 5.56 Å². The summed E-state index contributed by atoms with van der Waals surface area (Å²) in [6, 6.07) is 11.6. The molecule has 1 saturated heterocycles. The van der Waals surface area contributed by atoms with Crippen LogP contribution in [0.2, 0.25) is 5.02 Å². The van der Waals surface area contributed by atoms with Crippen molar-refractivity contribution in [2.75, 3.05) is 26.2 Å². The first-order valence-corrected chi connectivity index (χ1v) is 10.2. The van der Waals surface area contributed by atoms with Crippen molar-refractivity contribution in [1.29, 1.82) is 0 Å². The molecular weight excluding hydrogens is 463 g/mol. The molecule has 6 nitrogen and oxygen atoms in total. The van der Waals surface area contributed by atoms with Crippen LogP contribution in [0.15, 0.2) is 51.5 Å². The fraction of sp³-hybridized carbons (Fsp3) is 0.250. The fourth-order valence-corrected chi connectivity index (χ4v) is 3.65. The average molecular weight is 480 g/mol. The summed E-state index contributed by atoms with van der Waals surface area (Å²) in [6.07, 6.45) is 0. The SMILES string of the molecule is O=C(c1cc(Br)ccc1F)N1CCN(Cc2nc(-c3ccc(Cl)cc3)no2)CC1. The van der Waals surface area contributed by atoms with E-state index in [2.05, 4.69) is 31.0 Å². The van der Waals surface area contributed by atoms with Gasteiger partial charge in [-0.1, -0.05) is 32.7 Å². The summed E-state index contributed by atoms with van der Waals surface area (Å²) in [5, 5.41) is 4.66. The molecule has 1 fully saturated rings. The van der Waals surface area contributed by atoms with Gasteiger partial charge in [-0.2, -0.15) is 4.98 Å². The van der Waals surface area contributed by atoms with Gasteiger partial charge in [0.1, 0.15) is 5.82 Å². The van der Waals surface area contributed by atoms with Crippen LogP contribution in [0.4, 0.5) is 4.39 Å². The van der Waals surface area contributed by atoms with E-state index in [9.17, 15) is 9.18 Å². The van der Waals surface area contributed by atoms with E-state index in [0.29, 0.717) is 53.9 Å². The molecule has 29 heavy (non-hydrogen) atoms. The molecule has 1 aliphatic rings. The number of aromatic nitrogens is 2. The third kappa shape index (κ3) is 4.66. The third-order valence-corrected chi connectivity index (χ3v) is 5.49. The van der Waals surface area contributed by atoms with Gasteiger partial charge in [0, 0.05) is 41.2 Å². The minimum absolute atomic E-state index is 0.0809. The molecule has 0 spiro atoms. The van der Waals surface area contributed by atoms with E-state index < -0.39 is 5.82 Å². The Morgan fingerprint density at radius 2 is 1.86 bits per heavy atom. The van der Waals surface area contributed by atoms with Crippen LogP contribution in [-0.4, -0.2) is 52.0 Å². The average Bonchev–Trinajstić information content (AvgIpc) is 3.19. The Kier molecular flexibility index (Phi) is 5.94. The van der Waals surface area contributed by atoms with E-state index in [4.69, 9.17) is 16.1 Å². The van der Waals surface area contributed by atoms with Crippen molar-refractivity contribution in [3.63, 3.8) is 0 Å². The van der Waals surface area contributed by atoms with Crippen LogP contribution in [0, 0.1) is 5.82 Å². The summed E-state index contributed by atoms with van der Waals surface area (Å²) in [5.41, 5.74) is 0.910. The first kappa shape index (κ1) is 20.0. The summed E-state index contributed by atoms with van der Waals surface area (Å²) >= 11 is 9.18. The van der Waals surface area contributed by atoms with Gasteiger partial charge in [-0.3, -0.25) is 9.69 Å². The Balaban J connectivity index is 1.35. The normalized spacial score (nSPS) is 14.9. The number of halogens is 3. The van der Waals surface area contributed by atoms with Gasteiger partial charge in [0.05, 0.1) is 12.1 Å². The molecule has 0 saturated carbocycles. The molecule has 0 N–H and O–H groups in total. The summed E-state index contributed by atoms with van der Waals surface area (Å²) in [4.78, 5) is 20.8. The summed E-state index contributed by atoms with van der Waals surface area (Å²) in [6.45, 7) is 2.78. The second-order valence-corrected chi connectivity index (χ2v) is 8.06. The second-order valence-electron chi connectivity index (χ2n) is 6.71. The first-order valence-electron chi connectivity index (χ1n) is 9.05. The molecule has 3 aromatic rings. The van der Waals surface area contributed by atoms with Crippen molar-refractivity contribution < 1.29 is 13.7 Å². The molecule has 0 bridgehead atoms. The monoisotopic (exact) mass is 478 g/mol. The highest BCUT2D eigenvalue weighted by Crippen LogP contribution is 2.20. The molecule has 0 aliphatic carbocycles. The van der Waals surface area contributed by atoms with Gasteiger partial charge in [0.2, 0.25) is 11.7 Å². The van der Waals surface area contributed by atoms with Crippen molar-refractivity contribution in [2.24, 2.45) is 0 Å². The zero-order valence-electron chi connectivity index (χ0n) is 15.3. The minimum atomic E-state index is -0.513. The number of carbonyl (C=O) groups excluding carboxylic acids is 1. The lowest BCUT2D eigenvalue weighted by molar-refractivity contribution is 0.0610. The van der Waals surface area contributed by atoms with Crippen LogP contribution in [0.1, 0.15) is 16.2 Å². The van der Waals surface area contributed by atoms with Crippen molar-refractivity contribution in [3.8, 4) is 11.4 Å². The maximum absolute atomic E-state index is 14.0. The first-order chi connectivity index (χ1) is 14.0. The summed E-state index contributed by atoms with van der Waals surface area (Å²) in [7, 11) is 0. The number of benzene rings is 2. The topological polar surface area (TPSA) is 62.5 Å². The molecule has 2 heterocycles. The van der Waals surface area contributed by atoms with Gasteiger partial charge in [-0.25, -0.2) is 4.39 Å². The van der Waals surface area contributed by atoms with Crippen LogP contribution < -0.4 is 0 Å². The number of rotatable bonds is 4. The Bertz CT molecular complexity index is 1020. The fourth-order valence-electron chi connectivity index (χ4n) is 3.17. The summed E-state index contributed by atoms with van der Waals surface area (Å²) < 4.78 is 20.0. The van der Waals surface area contributed by atoms with E-state index in [-0.39, 0.29) is 11.5 Å². The lowest BCUT2D eigenvalue weighted by Gasteiger charge is -2.34.